The lowest BCUT2D eigenvalue weighted by Gasteiger charge is -2.24. The molecule has 2 amide bonds. The molecule has 0 spiro atoms. The number of carbonyl (C=O) groups is 1. The summed E-state index contributed by atoms with van der Waals surface area (Å²) in [5, 5.41) is 14.7. The van der Waals surface area contributed by atoms with Crippen molar-refractivity contribution in [2.75, 3.05) is 36.9 Å². The zero-order chi connectivity index (χ0) is 19.9. The van der Waals surface area contributed by atoms with E-state index in [1.807, 2.05) is 12.1 Å². The molecule has 0 radical (unpaired) electrons. The predicted molar refractivity (Wildman–Crippen MR) is 112 cm³/mol. The molecular weight excluding hydrogens is 390 g/mol. The van der Waals surface area contributed by atoms with Gasteiger partial charge in [-0.3, -0.25) is 15.6 Å². The molecule has 10 heteroatoms. The highest BCUT2D eigenvalue weighted by Crippen LogP contribution is 2.25. The number of ether oxygens (including phenoxy) is 1. The van der Waals surface area contributed by atoms with Gasteiger partial charge < -0.3 is 15.4 Å². The van der Waals surface area contributed by atoms with Gasteiger partial charge in [-0.2, -0.15) is 4.98 Å². The largest absolute Gasteiger partial charge is 0.476 e. The van der Waals surface area contributed by atoms with Crippen LogP contribution < -0.4 is 26.0 Å². The van der Waals surface area contributed by atoms with Crippen molar-refractivity contribution in [2.45, 2.75) is 6.04 Å². The van der Waals surface area contributed by atoms with Crippen LogP contribution >= 0.6 is 11.3 Å². The highest BCUT2D eigenvalue weighted by Gasteiger charge is 2.13. The predicted octanol–water partition coefficient (Wildman–Crippen LogP) is 2.18. The van der Waals surface area contributed by atoms with Gasteiger partial charge >= 0.3 is 6.03 Å². The molecule has 0 bridgehead atoms. The first-order valence-electron chi connectivity index (χ1n) is 9.24. The van der Waals surface area contributed by atoms with Gasteiger partial charge in [-0.25, -0.2) is 9.78 Å². The Morgan fingerprint density at radius 2 is 2.00 bits per heavy atom. The number of hydrogen-bond donors (Lipinski definition) is 4. The number of nitrogens with one attached hydrogen (secondary N) is 4. The number of urea groups is 1. The minimum Gasteiger partial charge on any atom is -0.476 e. The third-order valence-corrected chi connectivity index (χ3v) is 5.09. The summed E-state index contributed by atoms with van der Waals surface area (Å²) in [6, 6.07) is 8.82. The van der Waals surface area contributed by atoms with Gasteiger partial charge in [-0.05, 0) is 18.2 Å². The first-order chi connectivity index (χ1) is 14.3. The molecule has 1 aliphatic rings. The van der Waals surface area contributed by atoms with Gasteiger partial charge in [0.05, 0.1) is 6.04 Å². The van der Waals surface area contributed by atoms with Crippen LogP contribution in [0.15, 0.2) is 48.1 Å². The third-order valence-electron chi connectivity index (χ3n) is 4.20. The van der Waals surface area contributed by atoms with E-state index in [-0.39, 0.29) is 6.04 Å². The van der Waals surface area contributed by atoms with Gasteiger partial charge in [0, 0.05) is 49.0 Å². The second-order valence-electron chi connectivity index (χ2n) is 6.38. The van der Waals surface area contributed by atoms with E-state index in [4.69, 9.17) is 4.74 Å². The maximum atomic E-state index is 12.3. The Morgan fingerprint density at radius 3 is 2.83 bits per heavy atom. The first kappa shape index (κ1) is 19.2. The number of nitrogens with zero attached hydrogens (tertiary/aromatic N) is 3. The summed E-state index contributed by atoms with van der Waals surface area (Å²) in [6.45, 7) is 3.25. The maximum Gasteiger partial charge on any atom is 0.326 e. The van der Waals surface area contributed by atoms with Crippen LogP contribution in [0.25, 0.3) is 10.6 Å². The van der Waals surface area contributed by atoms with Gasteiger partial charge in [0.15, 0.2) is 0 Å². The fourth-order valence-electron chi connectivity index (χ4n) is 2.80. The van der Waals surface area contributed by atoms with E-state index in [2.05, 4.69) is 36.2 Å². The Balaban J connectivity index is 1.31. The van der Waals surface area contributed by atoms with Crippen molar-refractivity contribution in [1.82, 2.24) is 25.6 Å². The summed E-state index contributed by atoms with van der Waals surface area (Å²) in [7, 11) is 0. The monoisotopic (exact) mass is 411 g/mol. The molecule has 4 N–H and O–H groups in total. The summed E-state index contributed by atoms with van der Waals surface area (Å²) < 4.78 is 5.74. The van der Waals surface area contributed by atoms with Gasteiger partial charge in [0.1, 0.15) is 23.3 Å². The normalized spacial score (nSPS) is 16.2. The molecule has 0 aliphatic carbocycles. The number of piperazine rings is 1. The Morgan fingerprint density at radius 1 is 1.14 bits per heavy atom. The zero-order valence-corrected chi connectivity index (χ0v) is 16.4. The van der Waals surface area contributed by atoms with Gasteiger partial charge in [-0.15, -0.1) is 11.3 Å². The standard InChI is InChI=1S/C19H21N7O2S/c27-19(26-16-12-29-18(24-16)13-4-6-20-7-5-13)25-15-2-1-3-17(23-15)28-11-14-10-21-8-9-22-14/h1-7,12,14,21-22H,8-11H2,(H2,23,25,26,27). The number of pyridine rings is 2. The number of rotatable bonds is 6. The molecule has 3 aromatic heterocycles. The molecule has 4 rings (SSSR count). The third kappa shape index (κ3) is 5.47. The molecule has 1 fully saturated rings. The van der Waals surface area contributed by atoms with Crippen molar-refractivity contribution in [3.8, 4) is 16.5 Å². The Bertz CT molecular complexity index is 944. The number of thiazole rings is 1. The van der Waals surface area contributed by atoms with Crippen LogP contribution in [0.1, 0.15) is 0 Å². The molecule has 29 heavy (non-hydrogen) atoms. The van der Waals surface area contributed by atoms with Crippen LogP contribution in [0.4, 0.5) is 16.4 Å². The fourth-order valence-corrected chi connectivity index (χ4v) is 3.56. The maximum absolute atomic E-state index is 12.3. The van der Waals surface area contributed by atoms with Crippen molar-refractivity contribution in [3.05, 3.63) is 48.1 Å². The van der Waals surface area contributed by atoms with E-state index < -0.39 is 6.03 Å². The lowest BCUT2D eigenvalue weighted by atomic mass is 10.2. The van der Waals surface area contributed by atoms with Crippen molar-refractivity contribution < 1.29 is 9.53 Å². The van der Waals surface area contributed by atoms with Crippen LogP contribution in [-0.4, -0.2) is 53.3 Å². The Kier molecular flexibility index (Phi) is 6.25. The molecule has 150 valence electrons. The minimum absolute atomic E-state index is 0.240. The number of hydrogen-bond acceptors (Lipinski definition) is 8. The van der Waals surface area contributed by atoms with Crippen molar-refractivity contribution >= 4 is 29.0 Å². The lowest BCUT2D eigenvalue weighted by molar-refractivity contribution is 0.240. The van der Waals surface area contributed by atoms with E-state index >= 15 is 0 Å². The van der Waals surface area contributed by atoms with Crippen molar-refractivity contribution in [1.29, 1.82) is 0 Å². The minimum atomic E-state index is -0.417. The number of aromatic nitrogens is 3. The van der Waals surface area contributed by atoms with Gasteiger partial charge in [-0.1, -0.05) is 6.07 Å². The molecule has 0 saturated carbocycles. The van der Waals surface area contributed by atoms with E-state index in [1.54, 1.807) is 36.0 Å². The highest BCUT2D eigenvalue weighted by molar-refractivity contribution is 7.13. The Labute approximate surface area is 172 Å². The number of carbonyl (C=O) groups excluding carboxylic acids is 1. The van der Waals surface area contributed by atoms with Crippen LogP contribution in [-0.2, 0) is 0 Å². The summed E-state index contributed by atoms with van der Waals surface area (Å²) in [5.74, 6) is 1.34. The molecule has 1 aliphatic heterocycles. The number of anilines is 2. The van der Waals surface area contributed by atoms with Crippen molar-refractivity contribution in [2.24, 2.45) is 0 Å². The average molecular weight is 411 g/mol. The molecule has 4 heterocycles. The van der Waals surface area contributed by atoms with E-state index in [1.165, 1.54) is 11.3 Å². The van der Waals surface area contributed by atoms with E-state index in [0.29, 0.717) is 24.1 Å². The zero-order valence-electron chi connectivity index (χ0n) is 15.6. The van der Waals surface area contributed by atoms with Crippen LogP contribution in [0.3, 0.4) is 0 Å². The van der Waals surface area contributed by atoms with E-state index in [0.717, 1.165) is 30.2 Å². The lowest BCUT2D eigenvalue weighted by Crippen LogP contribution is -2.51. The molecule has 1 atom stereocenters. The average Bonchev–Trinajstić information content (AvgIpc) is 3.22. The van der Waals surface area contributed by atoms with Gasteiger partial charge in [0.2, 0.25) is 5.88 Å². The van der Waals surface area contributed by atoms with Crippen LogP contribution in [0, 0.1) is 0 Å². The van der Waals surface area contributed by atoms with Crippen LogP contribution in [0.5, 0.6) is 5.88 Å². The Hall–Kier alpha value is -3.08. The molecule has 1 unspecified atom stereocenters. The highest BCUT2D eigenvalue weighted by atomic mass is 32.1. The second-order valence-corrected chi connectivity index (χ2v) is 7.24. The quantitative estimate of drug-likeness (QED) is 0.492. The van der Waals surface area contributed by atoms with Crippen molar-refractivity contribution in [3.63, 3.8) is 0 Å². The van der Waals surface area contributed by atoms with Gasteiger partial charge in [0.25, 0.3) is 0 Å². The summed E-state index contributed by atoms with van der Waals surface area (Å²) in [4.78, 5) is 25.0. The summed E-state index contributed by atoms with van der Waals surface area (Å²) >= 11 is 1.45. The molecular formula is C19H21N7O2S. The topological polar surface area (TPSA) is 113 Å². The summed E-state index contributed by atoms with van der Waals surface area (Å²) in [6.07, 6.45) is 3.41. The smallest absolute Gasteiger partial charge is 0.326 e. The fraction of sp³-hybridized carbons (Fsp3) is 0.263. The second kappa shape index (κ2) is 9.41. The SMILES string of the molecule is O=C(Nc1cccc(OCC2CNCCN2)n1)Nc1csc(-c2ccncc2)n1. The molecule has 0 aromatic carbocycles. The molecule has 9 nitrogen and oxygen atoms in total. The van der Waals surface area contributed by atoms with E-state index in [9.17, 15) is 4.79 Å². The first-order valence-corrected chi connectivity index (χ1v) is 10.1. The molecule has 3 aromatic rings. The summed E-state index contributed by atoms with van der Waals surface area (Å²) in [5.41, 5.74) is 0.952. The van der Waals surface area contributed by atoms with Crippen LogP contribution in [0.2, 0.25) is 0 Å². The number of amides is 2. The molecule has 1 saturated heterocycles.